The molecule has 1 amide bonds. The summed E-state index contributed by atoms with van der Waals surface area (Å²) < 4.78 is 45.3. The molecule has 2 aromatic carbocycles. The highest BCUT2D eigenvalue weighted by Crippen LogP contribution is 2.34. The molecule has 122 valence electrons. The maximum atomic E-state index is 12.8. The Morgan fingerprint density at radius 3 is 2.48 bits per heavy atom. The Bertz CT molecular complexity index is 720. The summed E-state index contributed by atoms with van der Waals surface area (Å²) >= 11 is 6.54. The van der Waals surface area contributed by atoms with Gasteiger partial charge in [-0.15, -0.1) is 0 Å². The van der Waals surface area contributed by atoms with Crippen LogP contribution in [0, 0.1) is 0 Å². The summed E-state index contributed by atoms with van der Waals surface area (Å²) in [5.74, 6) is -0.274. The quantitative estimate of drug-likeness (QED) is 0.688. The van der Waals surface area contributed by atoms with E-state index >= 15 is 0 Å². The molecule has 0 heterocycles. The molecule has 0 aliphatic heterocycles. The first-order valence-electron chi connectivity index (χ1n) is 6.31. The standard InChI is InChI=1S/C15H10Br2F3NO2/c16-9-5-6-13(11(17)7-9)23-8-14(22)21-12-4-2-1-3-10(12)15(18,19)20/h1-7H,8H2,(H,21,22). The van der Waals surface area contributed by atoms with E-state index in [-0.39, 0.29) is 5.69 Å². The van der Waals surface area contributed by atoms with Crippen molar-refractivity contribution in [2.45, 2.75) is 6.18 Å². The van der Waals surface area contributed by atoms with Gasteiger partial charge in [0.2, 0.25) is 0 Å². The van der Waals surface area contributed by atoms with Crippen LogP contribution in [0.5, 0.6) is 5.75 Å². The first-order valence-corrected chi connectivity index (χ1v) is 7.90. The largest absolute Gasteiger partial charge is 0.483 e. The molecule has 8 heteroatoms. The van der Waals surface area contributed by atoms with Gasteiger partial charge in [0, 0.05) is 4.47 Å². The summed E-state index contributed by atoms with van der Waals surface area (Å²) in [6.45, 7) is -0.410. The lowest BCUT2D eigenvalue weighted by molar-refractivity contribution is -0.137. The monoisotopic (exact) mass is 451 g/mol. The summed E-state index contributed by atoms with van der Waals surface area (Å²) in [6.07, 6.45) is -4.54. The van der Waals surface area contributed by atoms with Crippen LogP contribution in [0.1, 0.15) is 5.56 Å². The predicted octanol–water partition coefficient (Wildman–Crippen LogP) is 5.25. The molecule has 2 aromatic rings. The van der Waals surface area contributed by atoms with Crippen molar-refractivity contribution in [1.29, 1.82) is 0 Å². The van der Waals surface area contributed by atoms with Crippen molar-refractivity contribution < 1.29 is 22.7 Å². The topological polar surface area (TPSA) is 38.3 Å². The normalized spacial score (nSPS) is 11.2. The van der Waals surface area contributed by atoms with Gasteiger partial charge in [0.1, 0.15) is 5.75 Å². The van der Waals surface area contributed by atoms with Gasteiger partial charge in [0.25, 0.3) is 5.91 Å². The molecule has 0 saturated heterocycles. The number of benzene rings is 2. The van der Waals surface area contributed by atoms with Crippen LogP contribution in [-0.4, -0.2) is 12.5 Å². The maximum Gasteiger partial charge on any atom is 0.418 e. The fourth-order valence-corrected chi connectivity index (χ4v) is 2.92. The van der Waals surface area contributed by atoms with Crippen LogP contribution in [0.15, 0.2) is 51.4 Å². The summed E-state index contributed by atoms with van der Waals surface area (Å²) in [4.78, 5) is 11.8. The van der Waals surface area contributed by atoms with Crippen molar-refractivity contribution in [1.82, 2.24) is 0 Å². The highest BCUT2D eigenvalue weighted by atomic mass is 79.9. The SMILES string of the molecule is O=C(COc1ccc(Br)cc1Br)Nc1ccccc1C(F)(F)F. The Balaban J connectivity index is 2.03. The van der Waals surface area contributed by atoms with E-state index in [9.17, 15) is 18.0 Å². The first-order chi connectivity index (χ1) is 10.8. The molecule has 2 rings (SSSR count). The summed E-state index contributed by atoms with van der Waals surface area (Å²) in [7, 11) is 0. The average Bonchev–Trinajstić information content (AvgIpc) is 2.46. The lowest BCUT2D eigenvalue weighted by Gasteiger charge is -2.14. The number of rotatable bonds is 4. The lowest BCUT2D eigenvalue weighted by Crippen LogP contribution is -2.22. The minimum Gasteiger partial charge on any atom is -0.483 e. The van der Waals surface area contributed by atoms with Gasteiger partial charge in [-0.3, -0.25) is 4.79 Å². The van der Waals surface area contributed by atoms with Crippen molar-refractivity contribution in [3.63, 3.8) is 0 Å². The van der Waals surface area contributed by atoms with Gasteiger partial charge in [0.05, 0.1) is 15.7 Å². The van der Waals surface area contributed by atoms with Crippen molar-refractivity contribution in [3.05, 3.63) is 57.0 Å². The molecule has 0 bridgehead atoms. The molecule has 0 aromatic heterocycles. The highest BCUT2D eigenvalue weighted by Gasteiger charge is 2.33. The zero-order chi connectivity index (χ0) is 17.0. The second-order valence-electron chi connectivity index (χ2n) is 4.45. The summed E-state index contributed by atoms with van der Waals surface area (Å²) in [6, 6.07) is 9.84. The smallest absolute Gasteiger partial charge is 0.418 e. The predicted molar refractivity (Wildman–Crippen MR) is 87.4 cm³/mol. The minimum absolute atomic E-state index is 0.302. The molecule has 0 atom stereocenters. The second-order valence-corrected chi connectivity index (χ2v) is 6.22. The molecule has 0 fully saturated rings. The third-order valence-electron chi connectivity index (χ3n) is 2.76. The van der Waals surface area contributed by atoms with Crippen molar-refractivity contribution in [3.8, 4) is 5.75 Å². The number of alkyl halides is 3. The molecule has 23 heavy (non-hydrogen) atoms. The number of hydrogen-bond acceptors (Lipinski definition) is 2. The number of para-hydroxylation sites is 1. The number of hydrogen-bond donors (Lipinski definition) is 1. The van der Waals surface area contributed by atoms with Gasteiger partial charge >= 0.3 is 6.18 Å². The molecule has 0 saturated carbocycles. The number of carbonyl (C=O) groups is 1. The second kappa shape index (κ2) is 7.35. The Kier molecular flexibility index (Phi) is 5.69. The number of carbonyl (C=O) groups excluding carboxylic acids is 1. The Morgan fingerprint density at radius 1 is 1.13 bits per heavy atom. The molecule has 1 N–H and O–H groups in total. The van der Waals surface area contributed by atoms with Crippen LogP contribution >= 0.6 is 31.9 Å². The maximum absolute atomic E-state index is 12.8. The van der Waals surface area contributed by atoms with E-state index in [1.807, 2.05) is 0 Å². The Hall–Kier alpha value is -1.54. The Labute approximate surface area is 147 Å². The summed E-state index contributed by atoms with van der Waals surface area (Å²) in [5.41, 5.74) is -1.21. The van der Waals surface area contributed by atoms with Crippen molar-refractivity contribution in [2.24, 2.45) is 0 Å². The van der Waals surface area contributed by atoms with Gasteiger partial charge in [-0.2, -0.15) is 13.2 Å². The van der Waals surface area contributed by atoms with Gasteiger partial charge in [0.15, 0.2) is 6.61 Å². The fraction of sp³-hybridized carbons (Fsp3) is 0.133. The van der Waals surface area contributed by atoms with E-state index in [1.54, 1.807) is 18.2 Å². The number of anilines is 1. The van der Waals surface area contributed by atoms with E-state index in [0.717, 1.165) is 10.5 Å². The molecular weight excluding hydrogens is 443 g/mol. The van der Waals surface area contributed by atoms with E-state index < -0.39 is 24.3 Å². The van der Waals surface area contributed by atoms with Crippen LogP contribution in [0.4, 0.5) is 18.9 Å². The number of amides is 1. The number of nitrogens with one attached hydrogen (secondary N) is 1. The van der Waals surface area contributed by atoms with E-state index in [4.69, 9.17) is 4.74 Å². The fourth-order valence-electron chi connectivity index (χ4n) is 1.76. The van der Waals surface area contributed by atoms with Crippen LogP contribution in [0.3, 0.4) is 0 Å². The zero-order valence-corrected chi connectivity index (χ0v) is 14.6. The first kappa shape index (κ1) is 17.8. The van der Waals surface area contributed by atoms with Crippen LogP contribution < -0.4 is 10.1 Å². The van der Waals surface area contributed by atoms with Crippen molar-refractivity contribution in [2.75, 3.05) is 11.9 Å². The van der Waals surface area contributed by atoms with Gasteiger partial charge in [-0.05, 0) is 46.3 Å². The molecular formula is C15H10Br2F3NO2. The minimum atomic E-state index is -4.54. The lowest BCUT2D eigenvalue weighted by atomic mass is 10.1. The zero-order valence-electron chi connectivity index (χ0n) is 11.5. The molecule has 0 spiro atoms. The molecule has 0 unspecified atom stereocenters. The van der Waals surface area contributed by atoms with E-state index in [2.05, 4.69) is 37.2 Å². The third-order valence-corrected chi connectivity index (χ3v) is 3.87. The average molecular weight is 453 g/mol. The molecule has 3 nitrogen and oxygen atoms in total. The third kappa shape index (κ3) is 4.97. The number of ether oxygens (including phenoxy) is 1. The van der Waals surface area contributed by atoms with Crippen LogP contribution in [0.25, 0.3) is 0 Å². The van der Waals surface area contributed by atoms with Gasteiger partial charge in [-0.25, -0.2) is 0 Å². The van der Waals surface area contributed by atoms with Crippen LogP contribution in [-0.2, 0) is 11.0 Å². The highest BCUT2D eigenvalue weighted by molar-refractivity contribution is 9.11. The molecule has 0 radical (unpaired) electrons. The summed E-state index contributed by atoms with van der Waals surface area (Å²) in [5, 5.41) is 2.21. The van der Waals surface area contributed by atoms with Gasteiger partial charge in [-0.1, -0.05) is 28.1 Å². The molecule has 0 aliphatic rings. The molecule has 0 aliphatic carbocycles. The van der Waals surface area contributed by atoms with E-state index in [1.165, 1.54) is 18.2 Å². The number of halogens is 5. The van der Waals surface area contributed by atoms with Gasteiger partial charge < -0.3 is 10.1 Å². The Morgan fingerprint density at radius 2 is 1.83 bits per heavy atom. The van der Waals surface area contributed by atoms with E-state index in [0.29, 0.717) is 10.2 Å². The van der Waals surface area contributed by atoms with Crippen LogP contribution in [0.2, 0.25) is 0 Å². The van der Waals surface area contributed by atoms with Crippen molar-refractivity contribution >= 4 is 43.5 Å².